The third-order valence-corrected chi connectivity index (χ3v) is 3.22. The molecule has 0 spiro atoms. The summed E-state index contributed by atoms with van der Waals surface area (Å²) in [6, 6.07) is 12.9. The molecule has 0 saturated heterocycles. The summed E-state index contributed by atoms with van der Waals surface area (Å²) in [6.45, 7) is 1.75. The Morgan fingerprint density at radius 1 is 1.10 bits per heavy atom. The predicted molar refractivity (Wildman–Crippen MR) is 79.7 cm³/mol. The Morgan fingerprint density at radius 2 is 1.81 bits per heavy atom. The van der Waals surface area contributed by atoms with E-state index in [2.05, 4.69) is 0 Å². The minimum atomic E-state index is -0.166. The molecular weight excluding hydrogens is 268 g/mol. The van der Waals surface area contributed by atoms with Crippen LogP contribution in [0.3, 0.4) is 0 Å². The van der Waals surface area contributed by atoms with Gasteiger partial charge in [-0.15, -0.1) is 0 Å². The Morgan fingerprint density at radius 3 is 2.38 bits per heavy atom. The number of furan rings is 1. The van der Waals surface area contributed by atoms with Gasteiger partial charge in [0.25, 0.3) is 0 Å². The largest absolute Gasteiger partial charge is 0.467 e. The van der Waals surface area contributed by atoms with E-state index in [0.717, 1.165) is 5.69 Å². The van der Waals surface area contributed by atoms with Crippen LogP contribution in [0.4, 0.5) is 5.69 Å². The minimum Gasteiger partial charge on any atom is -0.467 e. The first kappa shape index (κ1) is 14.8. The summed E-state index contributed by atoms with van der Waals surface area (Å²) in [7, 11) is 1.70. The predicted octanol–water partition coefficient (Wildman–Crippen LogP) is 2.29. The fourth-order valence-corrected chi connectivity index (χ4v) is 1.93. The summed E-state index contributed by atoms with van der Waals surface area (Å²) in [4.78, 5) is 27.0. The molecule has 0 radical (unpaired) electrons. The van der Waals surface area contributed by atoms with E-state index in [1.807, 2.05) is 30.3 Å². The molecule has 5 heteroatoms. The number of anilines is 1. The maximum atomic E-state index is 12.3. The molecule has 0 aliphatic heterocycles. The Balaban J connectivity index is 2.03. The Kier molecular flexibility index (Phi) is 4.77. The van der Waals surface area contributed by atoms with Crippen molar-refractivity contribution in [3.05, 3.63) is 54.5 Å². The molecule has 0 atom stereocenters. The summed E-state index contributed by atoms with van der Waals surface area (Å²) >= 11 is 0. The molecule has 0 N–H and O–H groups in total. The summed E-state index contributed by atoms with van der Waals surface area (Å²) in [5, 5.41) is 0. The summed E-state index contributed by atoms with van der Waals surface area (Å²) < 4.78 is 5.22. The van der Waals surface area contributed by atoms with Crippen molar-refractivity contribution in [2.75, 3.05) is 18.5 Å². The SMILES string of the molecule is CC(=O)N(CC(=O)N(C)c1ccccc1)Cc1ccco1. The van der Waals surface area contributed by atoms with Gasteiger partial charge in [0.1, 0.15) is 12.3 Å². The zero-order valence-electron chi connectivity index (χ0n) is 12.2. The molecule has 1 aromatic carbocycles. The highest BCUT2D eigenvalue weighted by Gasteiger charge is 2.18. The van der Waals surface area contributed by atoms with Gasteiger partial charge in [-0.2, -0.15) is 0 Å². The summed E-state index contributed by atoms with van der Waals surface area (Å²) in [5.74, 6) is 0.338. The van der Waals surface area contributed by atoms with E-state index in [1.54, 1.807) is 25.4 Å². The molecule has 21 heavy (non-hydrogen) atoms. The first-order chi connectivity index (χ1) is 10.1. The van der Waals surface area contributed by atoms with Gasteiger partial charge in [0, 0.05) is 19.7 Å². The normalized spacial score (nSPS) is 10.2. The van der Waals surface area contributed by atoms with Crippen LogP contribution >= 0.6 is 0 Å². The van der Waals surface area contributed by atoms with Crippen molar-refractivity contribution in [3.63, 3.8) is 0 Å². The van der Waals surface area contributed by atoms with Crippen LogP contribution in [0, 0.1) is 0 Å². The van der Waals surface area contributed by atoms with Gasteiger partial charge < -0.3 is 14.2 Å². The molecule has 0 aliphatic carbocycles. The van der Waals surface area contributed by atoms with Crippen molar-refractivity contribution < 1.29 is 14.0 Å². The molecule has 0 unspecified atom stereocenters. The van der Waals surface area contributed by atoms with Gasteiger partial charge >= 0.3 is 0 Å². The van der Waals surface area contributed by atoms with Gasteiger partial charge in [0.2, 0.25) is 11.8 Å². The van der Waals surface area contributed by atoms with E-state index in [4.69, 9.17) is 4.42 Å². The van der Waals surface area contributed by atoms with Crippen LogP contribution in [0.25, 0.3) is 0 Å². The molecule has 2 amide bonds. The zero-order chi connectivity index (χ0) is 15.2. The van der Waals surface area contributed by atoms with Crippen molar-refractivity contribution in [2.45, 2.75) is 13.5 Å². The van der Waals surface area contributed by atoms with Crippen LogP contribution < -0.4 is 4.90 Å². The summed E-state index contributed by atoms with van der Waals surface area (Å²) in [5.41, 5.74) is 0.795. The molecule has 1 aromatic heterocycles. The second kappa shape index (κ2) is 6.74. The molecule has 2 rings (SSSR count). The first-order valence-corrected chi connectivity index (χ1v) is 6.67. The second-order valence-electron chi connectivity index (χ2n) is 4.74. The molecule has 1 heterocycles. The number of para-hydroxylation sites is 1. The Bertz CT molecular complexity index is 593. The van der Waals surface area contributed by atoms with Gasteiger partial charge in [-0.3, -0.25) is 9.59 Å². The maximum absolute atomic E-state index is 12.3. The van der Waals surface area contributed by atoms with Crippen LogP contribution in [0.5, 0.6) is 0 Å². The van der Waals surface area contributed by atoms with Gasteiger partial charge in [0.05, 0.1) is 12.8 Å². The third-order valence-electron chi connectivity index (χ3n) is 3.22. The fraction of sp³-hybridized carbons (Fsp3) is 0.250. The highest BCUT2D eigenvalue weighted by Crippen LogP contribution is 2.12. The van der Waals surface area contributed by atoms with Crippen molar-refractivity contribution in [1.29, 1.82) is 0 Å². The van der Waals surface area contributed by atoms with Crippen LogP contribution in [0.2, 0.25) is 0 Å². The van der Waals surface area contributed by atoms with E-state index in [-0.39, 0.29) is 24.9 Å². The first-order valence-electron chi connectivity index (χ1n) is 6.67. The lowest BCUT2D eigenvalue weighted by Gasteiger charge is -2.23. The average Bonchev–Trinajstić information content (AvgIpc) is 2.99. The number of likely N-dealkylation sites (N-methyl/N-ethyl adjacent to an activating group) is 1. The molecule has 0 fully saturated rings. The molecular formula is C16H18N2O3. The average molecular weight is 286 g/mol. The number of rotatable bonds is 5. The van der Waals surface area contributed by atoms with E-state index < -0.39 is 0 Å². The lowest BCUT2D eigenvalue weighted by atomic mass is 10.3. The van der Waals surface area contributed by atoms with Crippen LogP contribution in [-0.2, 0) is 16.1 Å². The van der Waals surface area contributed by atoms with E-state index in [0.29, 0.717) is 5.76 Å². The molecule has 0 bridgehead atoms. The van der Waals surface area contributed by atoms with Crippen molar-refractivity contribution in [3.8, 4) is 0 Å². The molecule has 2 aromatic rings. The van der Waals surface area contributed by atoms with E-state index in [9.17, 15) is 9.59 Å². The highest BCUT2D eigenvalue weighted by atomic mass is 16.3. The molecule has 0 saturated carbocycles. The van der Waals surface area contributed by atoms with Crippen molar-refractivity contribution in [2.24, 2.45) is 0 Å². The van der Waals surface area contributed by atoms with Gasteiger partial charge in [-0.25, -0.2) is 0 Å². The Labute approximate surface area is 123 Å². The van der Waals surface area contributed by atoms with Gasteiger partial charge in [-0.05, 0) is 24.3 Å². The molecule has 0 aliphatic rings. The van der Waals surface area contributed by atoms with Crippen molar-refractivity contribution >= 4 is 17.5 Å². The highest BCUT2D eigenvalue weighted by molar-refractivity contribution is 5.95. The maximum Gasteiger partial charge on any atom is 0.246 e. The van der Waals surface area contributed by atoms with Crippen LogP contribution in [0.15, 0.2) is 53.1 Å². The topological polar surface area (TPSA) is 53.8 Å². The number of carbonyl (C=O) groups is 2. The lowest BCUT2D eigenvalue weighted by molar-refractivity contribution is -0.134. The number of hydrogen-bond donors (Lipinski definition) is 0. The standard InChI is InChI=1S/C16H18N2O3/c1-13(19)18(11-15-9-6-10-21-15)12-16(20)17(2)14-7-4-3-5-8-14/h3-10H,11-12H2,1-2H3. The van der Waals surface area contributed by atoms with E-state index in [1.165, 1.54) is 16.7 Å². The number of nitrogens with zero attached hydrogens (tertiary/aromatic N) is 2. The van der Waals surface area contributed by atoms with E-state index >= 15 is 0 Å². The molecule has 110 valence electrons. The van der Waals surface area contributed by atoms with Crippen molar-refractivity contribution in [1.82, 2.24) is 4.90 Å². The smallest absolute Gasteiger partial charge is 0.246 e. The number of hydrogen-bond acceptors (Lipinski definition) is 3. The minimum absolute atomic E-state index is 0.0153. The second-order valence-corrected chi connectivity index (χ2v) is 4.74. The fourth-order valence-electron chi connectivity index (χ4n) is 1.93. The zero-order valence-corrected chi connectivity index (χ0v) is 12.2. The number of carbonyl (C=O) groups excluding carboxylic acids is 2. The number of benzene rings is 1. The lowest BCUT2D eigenvalue weighted by Crippen LogP contribution is -2.40. The summed E-state index contributed by atoms with van der Waals surface area (Å²) in [6.07, 6.45) is 1.55. The van der Waals surface area contributed by atoms with Gasteiger partial charge in [-0.1, -0.05) is 18.2 Å². The van der Waals surface area contributed by atoms with Crippen LogP contribution in [0.1, 0.15) is 12.7 Å². The third kappa shape index (κ3) is 3.95. The Hall–Kier alpha value is -2.56. The number of amides is 2. The molecule has 5 nitrogen and oxygen atoms in total. The van der Waals surface area contributed by atoms with Crippen LogP contribution in [-0.4, -0.2) is 30.3 Å². The monoisotopic (exact) mass is 286 g/mol. The quantitative estimate of drug-likeness (QED) is 0.847. The van der Waals surface area contributed by atoms with Gasteiger partial charge in [0.15, 0.2) is 0 Å².